The molecule has 1 atom stereocenters. The van der Waals surface area contributed by atoms with Crippen molar-refractivity contribution < 1.29 is 4.74 Å². The van der Waals surface area contributed by atoms with E-state index in [9.17, 15) is 0 Å². The van der Waals surface area contributed by atoms with E-state index in [2.05, 4.69) is 51.2 Å². The Kier molecular flexibility index (Phi) is 5.69. The Balaban J connectivity index is 1.60. The molecule has 1 aliphatic heterocycles. The van der Waals surface area contributed by atoms with Gasteiger partial charge in [0.2, 0.25) is 0 Å². The summed E-state index contributed by atoms with van der Waals surface area (Å²) in [6.45, 7) is 9.96. The number of rotatable bonds is 7. The minimum absolute atomic E-state index is 0.254. The average Bonchev–Trinajstić information content (AvgIpc) is 2.75. The Morgan fingerprint density at radius 3 is 2.67 bits per heavy atom. The lowest BCUT2D eigenvalue weighted by atomic mass is 10.0. The molecule has 0 aromatic heterocycles. The fraction of sp³-hybridized carbons (Fsp3) is 0.684. The average molecular weight is 289 g/mol. The van der Waals surface area contributed by atoms with Crippen LogP contribution in [0.5, 0.6) is 5.75 Å². The third-order valence-corrected chi connectivity index (χ3v) is 4.01. The minimum atomic E-state index is 0.254. The smallest absolute Gasteiger partial charge is 0.123 e. The summed E-state index contributed by atoms with van der Waals surface area (Å²) in [5.41, 5.74) is 3.12. The fourth-order valence-corrected chi connectivity index (χ4v) is 2.90. The van der Waals surface area contributed by atoms with Gasteiger partial charge >= 0.3 is 0 Å². The van der Waals surface area contributed by atoms with Crippen molar-refractivity contribution >= 4 is 0 Å². The third-order valence-electron chi connectivity index (χ3n) is 4.01. The molecule has 0 aliphatic carbocycles. The highest BCUT2D eigenvalue weighted by atomic mass is 16.5. The molecule has 2 nitrogen and oxygen atoms in total. The quantitative estimate of drug-likeness (QED) is 0.746. The van der Waals surface area contributed by atoms with E-state index in [1.165, 1.54) is 43.2 Å². The van der Waals surface area contributed by atoms with Crippen molar-refractivity contribution in [1.29, 1.82) is 0 Å². The molecule has 0 saturated carbocycles. The molecule has 0 saturated heterocycles. The van der Waals surface area contributed by atoms with Gasteiger partial charge < -0.3 is 10.1 Å². The van der Waals surface area contributed by atoms with E-state index in [1.54, 1.807) is 0 Å². The predicted molar refractivity (Wildman–Crippen MR) is 90.2 cm³/mol. The molecule has 2 rings (SSSR count). The molecule has 1 aliphatic rings. The Labute approximate surface area is 130 Å². The molecule has 0 amide bonds. The molecule has 0 bridgehead atoms. The lowest BCUT2D eigenvalue weighted by Crippen LogP contribution is -2.36. The highest BCUT2D eigenvalue weighted by Crippen LogP contribution is 2.29. The van der Waals surface area contributed by atoms with E-state index < -0.39 is 0 Å². The predicted octanol–water partition coefficient (Wildman–Crippen LogP) is 4.50. The van der Waals surface area contributed by atoms with Crippen molar-refractivity contribution in [2.24, 2.45) is 0 Å². The Bertz CT molecular complexity index is 447. The summed E-state index contributed by atoms with van der Waals surface area (Å²) in [4.78, 5) is 0. The first kappa shape index (κ1) is 16.4. The number of hydrogen-bond acceptors (Lipinski definition) is 2. The van der Waals surface area contributed by atoms with Gasteiger partial charge in [0.25, 0.3) is 0 Å². The van der Waals surface area contributed by atoms with E-state index in [1.807, 2.05) is 0 Å². The first-order valence-electron chi connectivity index (χ1n) is 8.47. The summed E-state index contributed by atoms with van der Waals surface area (Å²) in [6, 6.07) is 6.74. The summed E-state index contributed by atoms with van der Waals surface area (Å²) in [5.74, 6) is 1.10. The molecule has 0 radical (unpaired) electrons. The van der Waals surface area contributed by atoms with Gasteiger partial charge in [0, 0.05) is 12.0 Å². The molecule has 1 unspecified atom stereocenters. The van der Waals surface area contributed by atoms with Crippen molar-refractivity contribution in [3.8, 4) is 5.75 Å². The molecule has 1 N–H and O–H groups in total. The zero-order valence-electron chi connectivity index (χ0n) is 14.2. The molecule has 0 fully saturated rings. The van der Waals surface area contributed by atoms with Crippen molar-refractivity contribution in [3.05, 3.63) is 29.3 Å². The minimum Gasteiger partial charge on any atom is -0.490 e. The van der Waals surface area contributed by atoms with Crippen molar-refractivity contribution in [3.63, 3.8) is 0 Å². The van der Waals surface area contributed by atoms with Crippen LogP contribution in [0.1, 0.15) is 64.5 Å². The summed E-state index contributed by atoms with van der Waals surface area (Å²) < 4.78 is 5.75. The molecule has 21 heavy (non-hydrogen) atoms. The van der Waals surface area contributed by atoms with Crippen molar-refractivity contribution in [2.45, 2.75) is 77.9 Å². The van der Waals surface area contributed by atoms with Crippen LogP contribution in [0.4, 0.5) is 0 Å². The first-order chi connectivity index (χ1) is 9.94. The maximum Gasteiger partial charge on any atom is 0.123 e. The topological polar surface area (TPSA) is 21.3 Å². The van der Waals surface area contributed by atoms with Gasteiger partial charge in [0.05, 0.1) is 0 Å². The normalized spacial score (nSPS) is 17.6. The highest BCUT2D eigenvalue weighted by molar-refractivity contribution is 5.40. The lowest BCUT2D eigenvalue weighted by Gasteiger charge is -2.20. The number of benzene rings is 1. The van der Waals surface area contributed by atoms with Crippen LogP contribution in [0.25, 0.3) is 0 Å². The van der Waals surface area contributed by atoms with Gasteiger partial charge in [0.15, 0.2) is 0 Å². The second-order valence-corrected chi connectivity index (χ2v) is 7.42. The molecular formula is C19H31NO. The van der Waals surface area contributed by atoms with Crippen molar-refractivity contribution in [1.82, 2.24) is 5.32 Å². The molecule has 118 valence electrons. The van der Waals surface area contributed by atoms with E-state index in [0.29, 0.717) is 6.10 Å². The number of unbranched alkanes of at least 4 members (excludes halogenated alkanes) is 3. The highest BCUT2D eigenvalue weighted by Gasteiger charge is 2.18. The first-order valence-corrected chi connectivity index (χ1v) is 8.47. The maximum atomic E-state index is 5.75. The van der Waals surface area contributed by atoms with Gasteiger partial charge in [-0.2, -0.15) is 0 Å². The second kappa shape index (κ2) is 7.31. The van der Waals surface area contributed by atoms with Gasteiger partial charge in [-0.15, -0.1) is 0 Å². The van der Waals surface area contributed by atoms with E-state index in [-0.39, 0.29) is 5.54 Å². The van der Waals surface area contributed by atoms with Crippen LogP contribution in [0.15, 0.2) is 18.2 Å². The van der Waals surface area contributed by atoms with Gasteiger partial charge in [-0.3, -0.25) is 0 Å². The van der Waals surface area contributed by atoms with Gasteiger partial charge in [-0.25, -0.2) is 0 Å². The SMILES string of the molecule is CC1Cc2cc(CCCCCCNC(C)(C)C)ccc2O1. The standard InChI is InChI=1S/C19H31NO/c1-15-13-17-14-16(10-11-18(17)21-15)9-7-5-6-8-12-20-19(2,3)4/h10-11,14-15,20H,5-9,12-13H2,1-4H3. The van der Waals surface area contributed by atoms with E-state index >= 15 is 0 Å². The molecule has 1 aromatic rings. The van der Waals surface area contributed by atoms with E-state index in [0.717, 1.165) is 18.7 Å². The van der Waals surface area contributed by atoms with Crippen LogP contribution < -0.4 is 10.1 Å². The summed E-state index contributed by atoms with van der Waals surface area (Å²) in [5, 5.41) is 3.55. The summed E-state index contributed by atoms with van der Waals surface area (Å²) in [6.07, 6.45) is 7.86. The van der Waals surface area contributed by atoms with Crippen molar-refractivity contribution in [2.75, 3.05) is 6.54 Å². The Morgan fingerprint density at radius 2 is 1.90 bits per heavy atom. The molecular weight excluding hydrogens is 258 g/mol. The molecule has 2 heteroatoms. The molecule has 1 aromatic carbocycles. The van der Waals surface area contributed by atoms with Crippen LogP contribution >= 0.6 is 0 Å². The number of ether oxygens (including phenoxy) is 1. The zero-order chi connectivity index (χ0) is 15.3. The lowest BCUT2D eigenvalue weighted by molar-refractivity contribution is 0.254. The number of aryl methyl sites for hydroxylation is 1. The maximum absolute atomic E-state index is 5.75. The van der Waals surface area contributed by atoms with Crippen LogP contribution in [0.3, 0.4) is 0 Å². The Hall–Kier alpha value is -1.02. The molecule has 1 heterocycles. The monoisotopic (exact) mass is 289 g/mol. The van der Waals surface area contributed by atoms with Crippen LogP contribution in [0.2, 0.25) is 0 Å². The third kappa shape index (κ3) is 5.70. The summed E-state index contributed by atoms with van der Waals surface area (Å²) in [7, 11) is 0. The molecule has 0 spiro atoms. The van der Waals surface area contributed by atoms with Crippen LogP contribution in [0, 0.1) is 0 Å². The van der Waals surface area contributed by atoms with Crippen LogP contribution in [-0.2, 0) is 12.8 Å². The zero-order valence-corrected chi connectivity index (χ0v) is 14.2. The van der Waals surface area contributed by atoms with E-state index in [4.69, 9.17) is 4.74 Å². The van der Waals surface area contributed by atoms with Gasteiger partial charge in [-0.1, -0.05) is 25.0 Å². The van der Waals surface area contributed by atoms with Crippen LogP contribution in [-0.4, -0.2) is 18.2 Å². The summed E-state index contributed by atoms with van der Waals surface area (Å²) >= 11 is 0. The van der Waals surface area contributed by atoms with Gasteiger partial charge in [0.1, 0.15) is 11.9 Å². The number of fused-ring (bicyclic) bond motifs is 1. The van der Waals surface area contributed by atoms with Gasteiger partial charge in [-0.05, 0) is 70.7 Å². The number of hydrogen-bond donors (Lipinski definition) is 1. The second-order valence-electron chi connectivity index (χ2n) is 7.42. The number of nitrogens with one attached hydrogen (secondary N) is 1. The largest absolute Gasteiger partial charge is 0.490 e. The Morgan fingerprint density at radius 1 is 1.14 bits per heavy atom. The fourth-order valence-electron chi connectivity index (χ4n) is 2.90.